The van der Waals surface area contributed by atoms with Gasteiger partial charge in [-0.05, 0) is 61.0 Å². The third kappa shape index (κ3) is 4.84. The van der Waals surface area contributed by atoms with Gasteiger partial charge in [0.05, 0.1) is 18.6 Å². The summed E-state index contributed by atoms with van der Waals surface area (Å²) in [7, 11) is 0. The van der Waals surface area contributed by atoms with Gasteiger partial charge in [-0.15, -0.1) is 0 Å². The van der Waals surface area contributed by atoms with E-state index in [9.17, 15) is 19.2 Å². The molecule has 1 aromatic carbocycles. The molecule has 1 saturated heterocycles. The molecule has 3 saturated carbocycles. The van der Waals surface area contributed by atoms with E-state index in [1.165, 1.54) is 19.4 Å². The number of hydrogen-bond donors (Lipinski definition) is 0. The van der Waals surface area contributed by atoms with Crippen LogP contribution in [0, 0.1) is 45.3 Å². The van der Waals surface area contributed by atoms with Gasteiger partial charge in [0, 0.05) is 42.4 Å². The van der Waals surface area contributed by atoms with Crippen LogP contribution < -0.4 is 0 Å². The van der Waals surface area contributed by atoms with Crippen molar-refractivity contribution in [1.82, 2.24) is 0 Å². The van der Waals surface area contributed by atoms with Crippen molar-refractivity contribution in [2.75, 3.05) is 6.61 Å². The summed E-state index contributed by atoms with van der Waals surface area (Å²) >= 11 is 0. The first-order chi connectivity index (χ1) is 21.1. The largest absolute Gasteiger partial charge is 0.465 e. The molecule has 0 unspecified atom stereocenters. The van der Waals surface area contributed by atoms with Crippen molar-refractivity contribution in [2.24, 2.45) is 45.3 Å². The second-order valence-electron chi connectivity index (χ2n) is 15.6. The Balaban J connectivity index is 1.41. The molecule has 0 spiro atoms. The minimum Gasteiger partial charge on any atom is -0.465 e. The number of carbonyl (C=O) groups excluding carboxylic acids is 4. The smallest absolute Gasteiger partial charge is 0.338 e. The first-order valence-electron chi connectivity index (χ1n) is 16.6. The van der Waals surface area contributed by atoms with E-state index in [1.54, 1.807) is 12.1 Å². The molecule has 244 valence electrons. The molecule has 0 N–H and O–H groups in total. The Kier molecular flexibility index (Phi) is 7.76. The number of carbonyl (C=O) groups is 4. The monoisotopic (exact) mass is 620 g/mol. The third-order valence-electron chi connectivity index (χ3n) is 13.1. The predicted octanol–water partition coefficient (Wildman–Crippen LogP) is 6.46. The van der Waals surface area contributed by atoms with Crippen molar-refractivity contribution in [3.63, 3.8) is 0 Å². The lowest BCUT2D eigenvalue weighted by atomic mass is 9.36. The summed E-state index contributed by atoms with van der Waals surface area (Å²) in [6.45, 7) is 14.5. The van der Waals surface area contributed by atoms with Gasteiger partial charge < -0.3 is 18.9 Å². The number of hydrogen-bond acceptors (Lipinski definition) is 8. The number of allylic oxidation sites excluding steroid dienone is 1. The summed E-state index contributed by atoms with van der Waals surface area (Å²) < 4.78 is 24.2. The van der Waals surface area contributed by atoms with Gasteiger partial charge in [-0.1, -0.05) is 64.5 Å². The van der Waals surface area contributed by atoms with E-state index in [-0.39, 0.29) is 47.0 Å². The van der Waals surface area contributed by atoms with E-state index >= 15 is 0 Å². The second-order valence-corrected chi connectivity index (χ2v) is 15.6. The lowest BCUT2D eigenvalue weighted by Crippen LogP contribution is -2.70. The molecule has 6 rings (SSSR count). The van der Waals surface area contributed by atoms with Crippen LogP contribution in [0.5, 0.6) is 0 Å². The van der Waals surface area contributed by atoms with Crippen LogP contribution in [0.1, 0.15) is 97.3 Å². The first-order valence-corrected chi connectivity index (χ1v) is 16.6. The van der Waals surface area contributed by atoms with Crippen molar-refractivity contribution in [2.45, 2.75) is 105 Å². The Morgan fingerprint density at radius 2 is 1.51 bits per heavy atom. The molecule has 10 atom stereocenters. The summed E-state index contributed by atoms with van der Waals surface area (Å²) in [5.41, 5.74) is 0.111. The van der Waals surface area contributed by atoms with Crippen LogP contribution >= 0.6 is 0 Å². The fraction of sp³-hybridized carbons (Fsp3) is 0.676. The zero-order valence-electron chi connectivity index (χ0n) is 27.7. The molecule has 0 bridgehead atoms. The van der Waals surface area contributed by atoms with E-state index in [1.807, 2.05) is 18.2 Å². The van der Waals surface area contributed by atoms with Gasteiger partial charge in [-0.25, -0.2) is 4.79 Å². The number of benzene rings is 1. The van der Waals surface area contributed by atoms with Gasteiger partial charge >= 0.3 is 23.9 Å². The lowest BCUT2D eigenvalue weighted by molar-refractivity contribution is -0.259. The highest BCUT2D eigenvalue weighted by molar-refractivity contribution is 5.89. The van der Waals surface area contributed by atoms with Crippen LogP contribution in [-0.4, -0.2) is 48.8 Å². The van der Waals surface area contributed by atoms with E-state index in [0.717, 1.165) is 19.3 Å². The first kappa shape index (κ1) is 31.8. The van der Waals surface area contributed by atoms with Crippen LogP contribution in [0.15, 0.2) is 42.0 Å². The highest BCUT2D eigenvalue weighted by Crippen LogP contribution is 2.74. The SMILES string of the molecule is CC(=O)O[C@H]1C[C@@H](OC(=O)c2ccccc2)C(C)(C)[C@@H]2C[C@@H](OC(C)=O)[C@@]3(C)C4=CC[C@@H]([C@@H]5COC(=O)C5)[C@]4(C)CC[C@@H]3[C@@]12C. The van der Waals surface area contributed by atoms with Crippen molar-refractivity contribution in [3.05, 3.63) is 47.5 Å². The van der Waals surface area contributed by atoms with E-state index in [2.05, 4.69) is 40.7 Å². The number of fused-ring (bicyclic) bond motifs is 5. The number of ether oxygens (including phenoxy) is 4. The van der Waals surface area contributed by atoms with Gasteiger partial charge in [0.25, 0.3) is 0 Å². The molecular formula is C37H48O8. The molecule has 0 radical (unpaired) electrons. The maximum atomic E-state index is 13.3. The molecular weight excluding hydrogens is 572 g/mol. The van der Waals surface area contributed by atoms with Gasteiger partial charge in [0.1, 0.15) is 18.3 Å². The minimum atomic E-state index is -0.515. The highest BCUT2D eigenvalue weighted by Gasteiger charge is 2.72. The quantitative estimate of drug-likeness (QED) is 0.210. The molecule has 1 aliphatic heterocycles. The van der Waals surface area contributed by atoms with E-state index < -0.39 is 40.5 Å². The Hall–Kier alpha value is -3.16. The Labute approximate surface area is 266 Å². The normalized spacial score (nSPS) is 41.4. The molecule has 0 aromatic heterocycles. The van der Waals surface area contributed by atoms with Crippen LogP contribution in [0.4, 0.5) is 0 Å². The Morgan fingerprint density at radius 3 is 2.13 bits per heavy atom. The summed E-state index contributed by atoms with van der Waals surface area (Å²) in [4.78, 5) is 50.9. The van der Waals surface area contributed by atoms with Crippen molar-refractivity contribution >= 4 is 23.9 Å². The average Bonchev–Trinajstić information content (AvgIpc) is 3.55. The van der Waals surface area contributed by atoms with Crippen molar-refractivity contribution < 1.29 is 38.1 Å². The number of esters is 4. The van der Waals surface area contributed by atoms with E-state index in [0.29, 0.717) is 31.4 Å². The van der Waals surface area contributed by atoms with Gasteiger partial charge in [0.15, 0.2) is 0 Å². The van der Waals surface area contributed by atoms with Crippen molar-refractivity contribution in [1.29, 1.82) is 0 Å². The fourth-order valence-corrected chi connectivity index (χ4v) is 11.1. The second kappa shape index (κ2) is 11.0. The summed E-state index contributed by atoms with van der Waals surface area (Å²) in [6.07, 6.45) is 4.97. The van der Waals surface area contributed by atoms with Gasteiger partial charge in [-0.2, -0.15) is 0 Å². The summed E-state index contributed by atoms with van der Waals surface area (Å²) in [5, 5.41) is 0. The van der Waals surface area contributed by atoms with Crippen molar-refractivity contribution in [3.8, 4) is 0 Å². The molecule has 45 heavy (non-hydrogen) atoms. The minimum absolute atomic E-state index is 0.0297. The van der Waals surface area contributed by atoms with Crippen LogP contribution in [0.2, 0.25) is 0 Å². The van der Waals surface area contributed by atoms with Gasteiger partial charge in [-0.3, -0.25) is 14.4 Å². The number of rotatable bonds is 5. The van der Waals surface area contributed by atoms with Crippen LogP contribution in [0.3, 0.4) is 0 Å². The molecule has 8 heteroatoms. The number of cyclic esters (lactones) is 1. The summed E-state index contributed by atoms with van der Waals surface area (Å²) in [6, 6.07) is 8.96. The predicted molar refractivity (Wildman–Crippen MR) is 166 cm³/mol. The third-order valence-corrected chi connectivity index (χ3v) is 13.1. The molecule has 5 aliphatic rings. The zero-order valence-corrected chi connectivity index (χ0v) is 27.7. The zero-order chi connectivity index (χ0) is 32.5. The Bertz CT molecular complexity index is 1410. The molecule has 4 fully saturated rings. The summed E-state index contributed by atoms with van der Waals surface area (Å²) in [5.74, 6) is -0.822. The molecule has 0 amide bonds. The standard InChI is InChI=1S/C37H48O8/c1-21(38)43-30-18-28-34(3,4)29(45-33(41)23-11-9-8-10-12-23)19-31(44-22(2)39)37(28,7)27-15-16-35(5)25(24-17-32(40)42-20-24)13-14-26(35)36(27,30)6/h8-12,14,24-25,27-31H,13,15-20H2,1-7H3/t24-,25-,27-,28-,29+,30+,31-,35-,36-,37+/m0/s1. The van der Waals surface area contributed by atoms with Crippen LogP contribution in [-0.2, 0) is 33.3 Å². The Morgan fingerprint density at radius 1 is 0.844 bits per heavy atom. The molecule has 8 nitrogen and oxygen atoms in total. The molecule has 1 heterocycles. The van der Waals surface area contributed by atoms with Gasteiger partial charge in [0.2, 0.25) is 0 Å². The lowest BCUT2D eigenvalue weighted by Gasteiger charge is -2.70. The maximum Gasteiger partial charge on any atom is 0.338 e. The molecule has 4 aliphatic carbocycles. The fourth-order valence-electron chi connectivity index (χ4n) is 11.1. The maximum absolute atomic E-state index is 13.3. The average molecular weight is 621 g/mol. The molecule has 1 aromatic rings. The van der Waals surface area contributed by atoms with Crippen LogP contribution in [0.25, 0.3) is 0 Å². The van der Waals surface area contributed by atoms with E-state index in [4.69, 9.17) is 18.9 Å². The topological polar surface area (TPSA) is 105 Å². The highest BCUT2D eigenvalue weighted by atomic mass is 16.6.